The molecule has 1 amide bonds. The Balaban J connectivity index is 0.00000144. The van der Waals surface area contributed by atoms with E-state index in [9.17, 15) is 4.79 Å². The van der Waals surface area contributed by atoms with E-state index in [0.717, 1.165) is 31.5 Å². The third kappa shape index (κ3) is 2.99. The number of nitrogens with two attached hydrogens (primary N) is 1. The van der Waals surface area contributed by atoms with Gasteiger partial charge in [-0.2, -0.15) is 0 Å². The lowest BCUT2D eigenvalue weighted by molar-refractivity contribution is -0.119. The van der Waals surface area contributed by atoms with E-state index < -0.39 is 6.04 Å². The average molecular weight is 255 g/mol. The van der Waals surface area contributed by atoms with E-state index in [1.54, 1.807) is 6.92 Å². The number of anilines is 1. The van der Waals surface area contributed by atoms with Crippen molar-refractivity contribution in [1.82, 2.24) is 0 Å². The summed E-state index contributed by atoms with van der Waals surface area (Å²) in [4.78, 5) is 13.9. The first-order valence-corrected chi connectivity index (χ1v) is 5.85. The van der Waals surface area contributed by atoms with Gasteiger partial charge < -0.3 is 10.6 Å². The van der Waals surface area contributed by atoms with Crippen LogP contribution in [0.4, 0.5) is 5.69 Å². The van der Waals surface area contributed by atoms with Gasteiger partial charge in [0.2, 0.25) is 5.91 Å². The van der Waals surface area contributed by atoms with Crippen molar-refractivity contribution in [1.29, 1.82) is 0 Å². The third-order valence-corrected chi connectivity index (χ3v) is 3.02. The number of hydrogen-bond acceptors (Lipinski definition) is 2. The van der Waals surface area contributed by atoms with Crippen molar-refractivity contribution in [3.05, 3.63) is 29.8 Å². The van der Waals surface area contributed by atoms with Crippen molar-refractivity contribution in [3.63, 3.8) is 0 Å². The van der Waals surface area contributed by atoms with Gasteiger partial charge in [0.25, 0.3) is 0 Å². The first-order valence-electron chi connectivity index (χ1n) is 5.85. The largest absolute Gasteiger partial charge is 0.320 e. The van der Waals surface area contributed by atoms with Gasteiger partial charge in [-0.25, -0.2) is 0 Å². The van der Waals surface area contributed by atoms with Crippen LogP contribution in [0.25, 0.3) is 0 Å². The van der Waals surface area contributed by atoms with E-state index >= 15 is 0 Å². The minimum atomic E-state index is -0.425. The molecule has 4 heteroatoms. The number of amides is 1. The topological polar surface area (TPSA) is 46.3 Å². The molecule has 0 radical (unpaired) electrons. The number of halogens is 1. The molecule has 0 aromatic heterocycles. The van der Waals surface area contributed by atoms with Crippen molar-refractivity contribution in [2.45, 2.75) is 32.2 Å². The summed E-state index contributed by atoms with van der Waals surface area (Å²) in [5, 5.41) is 0. The Morgan fingerprint density at radius 2 is 2.06 bits per heavy atom. The van der Waals surface area contributed by atoms with E-state index in [0.29, 0.717) is 0 Å². The highest BCUT2D eigenvalue weighted by Crippen LogP contribution is 2.26. The second-order valence-corrected chi connectivity index (χ2v) is 4.36. The lowest BCUT2D eigenvalue weighted by atomic mass is 10.1. The predicted octanol–water partition coefficient (Wildman–Crippen LogP) is 2.12. The number of benzene rings is 1. The highest BCUT2D eigenvalue weighted by molar-refractivity contribution is 5.97. The minimum Gasteiger partial charge on any atom is -0.320 e. The van der Waals surface area contributed by atoms with Crippen LogP contribution in [-0.2, 0) is 11.2 Å². The molecule has 0 aliphatic carbocycles. The highest BCUT2D eigenvalue weighted by Gasteiger charge is 2.22. The molecule has 1 aliphatic heterocycles. The van der Waals surface area contributed by atoms with Gasteiger partial charge in [0.1, 0.15) is 0 Å². The van der Waals surface area contributed by atoms with Crippen LogP contribution < -0.4 is 10.6 Å². The third-order valence-electron chi connectivity index (χ3n) is 3.02. The summed E-state index contributed by atoms with van der Waals surface area (Å²) in [5.41, 5.74) is 7.99. The van der Waals surface area contributed by atoms with E-state index in [2.05, 4.69) is 6.07 Å². The highest BCUT2D eigenvalue weighted by atomic mass is 35.5. The summed E-state index contributed by atoms with van der Waals surface area (Å²) >= 11 is 0. The van der Waals surface area contributed by atoms with Gasteiger partial charge in [-0.15, -0.1) is 12.4 Å². The minimum absolute atomic E-state index is 0. The number of carbonyl (C=O) groups is 1. The SMILES string of the molecule is CC(N)C(=O)N1CCCCc2ccccc21.Cl. The number of nitrogens with zero attached hydrogens (tertiary/aromatic N) is 1. The van der Waals surface area contributed by atoms with Gasteiger partial charge in [0.15, 0.2) is 0 Å². The molecule has 0 spiro atoms. The summed E-state index contributed by atoms with van der Waals surface area (Å²) in [7, 11) is 0. The number of para-hydroxylation sites is 1. The van der Waals surface area contributed by atoms with Crippen LogP contribution in [0, 0.1) is 0 Å². The fourth-order valence-electron chi connectivity index (χ4n) is 2.17. The van der Waals surface area contributed by atoms with Crippen LogP contribution in [-0.4, -0.2) is 18.5 Å². The van der Waals surface area contributed by atoms with Crippen molar-refractivity contribution >= 4 is 24.0 Å². The normalized spacial score (nSPS) is 16.5. The van der Waals surface area contributed by atoms with Crippen molar-refractivity contribution in [2.75, 3.05) is 11.4 Å². The van der Waals surface area contributed by atoms with E-state index in [4.69, 9.17) is 5.73 Å². The van der Waals surface area contributed by atoms with Crippen LogP contribution in [0.3, 0.4) is 0 Å². The van der Waals surface area contributed by atoms with Gasteiger partial charge >= 0.3 is 0 Å². The molecule has 1 aromatic rings. The molecule has 94 valence electrons. The van der Waals surface area contributed by atoms with Crippen molar-refractivity contribution in [2.24, 2.45) is 5.73 Å². The van der Waals surface area contributed by atoms with Gasteiger partial charge in [-0.3, -0.25) is 4.79 Å². The molecular weight excluding hydrogens is 236 g/mol. The van der Waals surface area contributed by atoms with Crippen LogP contribution in [0.15, 0.2) is 24.3 Å². The van der Waals surface area contributed by atoms with Crippen molar-refractivity contribution < 1.29 is 4.79 Å². The molecule has 3 nitrogen and oxygen atoms in total. The smallest absolute Gasteiger partial charge is 0.243 e. The fraction of sp³-hybridized carbons (Fsp3) is 0.462. The lowest BCUT2D eigenvalue weighted by Gasteiger charge is -2.24. The van der Waals surface area contributed by atoms with Gasteiger partial charge in [-0.1, -0.05) is 18.2 Å². The first kappa shape index (κ1) is 14.0. The van der Waals surface area contributed by atoms with E-state index in [1.165, 1.54) is 5.56 Å². The van der Waals surface area contributed by atoms with Gasteiger partial charge in [0.05, 0.1) is 6.04 Å². The second kappa shape index (κ2) is 6.03. The van der Waals surface area contributed by atoms with Gasteiger partial charge in [0, 0.05) is 12.2 Å². The Labute approximate surface area is 108 Å². The molecular formula is C13H19ClN2O. The molecule has 17 heavy (non-hydrogen) atoms. The van der Waals surface area contributed by atoms with Crippen LogP contribution in [0.5, 0.6) is 0 Å². The lowest BCUT2D eigenvalue weighted by Crippen LogP contribution is -2.42. The molecule has 0 saturated heterocycles. The molecule has 2 N–H and O–H groups in total. The summed E-state index contributed by atoms with van der Waals surface area (Å²) in [6.07, 6.45) is 3.24. The summed E-state index contributed by atoms with van der Waals surface area (Å²) in [5.74, 6) is 0.0225. The quantitative estimate of drug-likeness (QED) is 0.835. The number of hydrogen-bond donors (Lipinski definition) is 1. The number of rotatable bonds is 1. The molecule has 2 rings (SSSR count). The average Bonchev–Trinajstić information content (AvgIpc) is 2.50. The van der Waals surface area contributed by atoms with Crippen LogP contribution >= 0.6 is 12.4 Å². The molecule has 0 fully saturated rings. The maximum atomic E-state index is 12.0. The second-order valence-electron chi connectivity index (χ2n) is 4.36. The van der Waals surface area contributed by atoms with Crippen LogP contribution in [0.2, 0.25) is 0 Å². The summed E-state index contributed by atoms with van der Waals surface area (Å²) < 4.78 is 0. The number of carbonyl (C=O) groups excluding carboxylic acids is 1. The monoisotopic (exact) mass is 254 g/mol. The standard InChI is InChI=1S/C13H18N2O.ClH/c1-10(14)13(16)15-9-5-4-7-11-6-2-3-8-12(11)15;/h2-3,6,8,10H,4-5,7,9,14H2,1H3;1H. The van der Waals surface area contributed by atoms with E-state index in [-0.39, 0.29) is 18.3 Å². The fourth-order valence-corrected chi connectivity index (χ4v) is 2.17. The Morgan fingerprint density at radius 1 is 1.35 bits per heavy atom. The maximum Gasteiger partial charge on any atom is 0.243 e. The Morgan fingerprint density at radius 3 is 2.76 bits per heavy atom. The molecule has 0 bridgehead atoms. The molecule has 1 aromatic carbocycles. The number of fused-ring (bicyclic) bond motifs is 1. The van der Waals surface area contributed by atoms with Gasteiger partial charge in [-0.05, 0) is 37.8 Å². The molecule has 0 saturated carbocycles. The maximum absolute atomic E-state index is 12.0. The predicted molar refractivity (Wildman–Crippen MR) is 72.6 cm³/mol. The van der Waals surface area contributed by atoms with Crippen LogP contribution in [0.1, 0.15) is 25.3 Å². The zero-order valence-corrected chi connectivity index (χ0v) is 10.9. The van der Waals surface area contributed by atoms with Crippen molar-refractivity contribution in [3.8, 4) is 0 Å². The summed E-state index contributed by atoms with van der Waals surface area (Å²) in [6.45, 7) is 2.53. The molecule has 1 heterocycles. The van der Waals surface area contributed by atoms with E-state index in [1.807, 2.05) is 23.1 Å². The zero-order valence-electron chi connectivity index (χ0n) is 10.1. The zero-order chi connectivity index (χ0) is 11.5. The molecule has 1 aliphatic rings. The first-order chi connectivity index (χ1) is 7.70. The molecule has 1 atom stereocenters. The number of aryl methyl sites for hydroxylation is 1. The molecule has 1 unspecified atom stereocenters. The Kier molecular flexibility index (Phi) is 4.97. The Hall–Kier alpha value is -1.06. The summed E-state index contributed by atoms with van der Waals surface area (Å²) in [6, 6.07) is 7.69. The Bertz CT molecular complexity index is 393.